The van der Waals surface area contributed by atoms with E-state index in [0.29, 0.717) is 18.1 Å². The van der Waals surface area contributed by atoms with Crippen molar-refractivity contribution < 1.29 is 19.1 Å². The van der Waals surface area contributed by atoms with Crippen LogP contribution in [0.15, 0.2) is 53.0 Å². The highest BCUT2D eigenvalue weighted by molar-refractivity contribution is 9.10. The van der Waals surface area contributed by atoms with Crippen molar-refractivity contribution in [2.75, 3.05) is 6.61 Å². The standard InChI is InChI=1S/C20H20BrN3O4/c1-3-27-15-6-8-16(9-7-15)28-12(2)19(25)23-24-20(26)18-10-13-4-5-14(21)11-17(13)22-18/h4-12,22H,3H2,1-2H3,(H,23,25)(H,24,26). The zero-order valence-corrected chi connectivity index (χ0v) is 17.0. The lowest BCUT2D eigenvalue weighted by Gasteiger charge is -2.15. The minimum atomic E-state index is -0.795. The summed E-state index contributed by atoms with van der Waals surface area (Å²) in [4.78, 5) is 27.4. The summed E-state index contributed by atoms with van der Waals surface area (Å²) in [7, 11) is 0. The molecule has 7 nitrogen and oxygen atoms in total. The van der Waals surface area contributed by atoms with Gasteiger partial charge in [-0.3, -0.25) is 20.4 Å². The number of aromatic nitrogens is 1. The molecule has 1 aromatic heterocycles. The smallest absolute Gasteiger partial charge is 0.286 e. The van der Waals surface area contributed by atoms with E-state index in [0.717, 1.165) is 21.1 Å². The van der Waals surface area contributed by atoms with Gasteiger partial charge in [-0.25, -0.2) is 0 Å². The number of amides is 2. The van der Waals surface area contributed by atoms with Crippen LogP contribution in [0.2, 0.25) is 0 Å². The Morgan fingerprint density at radius 3 is 2.50 bits per heavy atom. The number of carbonyl (C=O) groups excluding carboxylic acids is 2. The predicted octanol–water partition coefficient (Wildman–Crippen LogP) is 3.56. The molecular formula is C20H20BrN3O4. The molecule has 0 saturated heterocycles. The number of hydrogen-bond donors (Lipinski definition) is 3. The highest BCUT2D eigenvalue weighted by Gasteiger charge is 2.17. The summed E-state index contributed by atoms with van der Waals surface area (Å²) in [6, 6.07) is 14.3. The third-order valence-corrected chi connectivity index (χ3v) is 4.44. The summed E-state index contributed by atoms with van der Waals surface area (Å²) >= 11 is 3.38. The molecule has 0 bridgehead atoms. The van der Waals surface area contributed by atoms with Gasteiger partial charge >= 0.3 is 0 Å². The van der Waals surface area contributed by atoms with Gasteiger partial charge in [0.25, 0.3) is 11.8 Å². The van der Waals surface area contributed by atoms with Gasteiger partial charge in [0.05, 0.1) is 6.61 Å². The molecule has 0 fully saturated rings. The average Bonchev–Trinajstić information content (AvgIpc) is 3.10. The Kier molecular flexibility index (Phi) is 6.20. The number of halogens is 1. The minimum Gasteiger partial charge on any atom is -0.494 e. The first kappa shape index (κ1) is 19.8. The van der Waals surface area contributed by atoms with E-state index in [1.807, 2.05) is 25.1 Å². The molecule has 1 unspecified atom stereocenters. The number of nitrogens with one attached hydrogen (secondary N) is 3. The van der Waals surface area contributed by atoms with E-state index in [9.17, 15) is 9.59 Å². The number of hydrogen-bond acceptors (Lipinski definition) is 4. The first-order chi connectivity index (χ1) is 13.5. The zero-order valence-electron chi connectivity index (χ0n) is 15.4. The van der Waals surface area contributed by atoms with Gasteiger partial charge in [-0.1, -0.05) is 22.0 Å². The van der Waals surface area contributed by atoms with Gasteiger partial charge in [0.15, 0.2) is 6.10 Å². The Bertz CT molecular complexity index is 985. The fourth-order valence-electron chi connectivity index (χ4n) is 2.55. The van der Waals surface area contributed by atoms with Crippen molar-refractivity contribution in [3.05, 3.63) is 58.7 Å². The van der Waals surface area contributed by atoms with Crippen LogP contribution in [0.1, 0.15) is 24.3 Å². The lowest BCUT2D eigenvalue weighted by atomic mass is 10.2. The number of benzene rings is 2. The summed E-state index contributed by atoms with van der Waals surface area (Å²) < 4.78 is 11.8. The Labute approximate surface area is 170 Å². The van der Waals surface area contributed by atoms with E-state index < -0.39 is 17.9 Å². The lowest BCUT2D eigenvalue weighted by Crippen LogP contribution is -2.47. The van der Waals surface area contributed by atoms with Gasteiger partial charge in [0.2, 0.25) is 0 Å². The molecule has 2 amide bonds. The van der Waals surface area contributed by atoms with Crippen LogP contribution in [0.5, 0.6) is 11.5 Å². The Morgan fingerprint density at radius 2 is 1.79 bits per heavy atom. The van der Waals surface area contributed by atoms with Gasteiger partial charge in [-0.2, -0.15) is 0 Å². The van der Waals surface area contributed by atoms with Gasteiger partial charge in [0, 0.05) is 15.4 Å². The second kappa shape index (κ2) is 8.79. The van der Waals surface area contributed by atoms with Gasteiger partial charge < -0.3 is 14.5 Å². The molecule has 0 aliphatic carbocycles. The van der Waals surface area contributed by atoms with Crippen molar-refractivity contribution in [3.8, 4) is 11.5 Å². The third kappa shape index (κ3) is 4.83. The Hall–Kier alpha value is -3.00. The van der Waals surface area contributed by atoms with Crippen molar-refractivity contribution in [1.82, 2.24) is 15.8 Å². The normalized spacial score (nSPS) is 11.7. The van der Waals surface area contributed by atoms with Crippen LogP contribution >= 0.6 is 15.9 Å². The molecule has 28 heavy (non-hydrogen) atoms. The zero-order chi connectivity index (χ0) is 20.1. The minimum absolute atomic E-state index is 0.341. The number of hydrazine groups is 1. The van der Waals surface area contributed by atoms with Gasteiger partial charge in [-0.15, -0.1) is 0 Å². The molecule has 8 heteroatoms. The highest BCUT2D eigenvalue weighted by atomic mass is 79.9. The quantitative estimate of drug-likeness (QED) is 0.505. The van der Waals surface area contributed by atoms with E-state index in [2.05, 4.69) is 31.8 Å². The number of fused-ring (bicyclic) bond motifs is 1. The maximum atomic E-state index is 12.3. The average molecular weight is 446 g/mol. The molecule has 3 aromatic rings. The van der Waals surface area contributed by atoms with Crippen molar-refractivity contribution in [3.63, 3.8) is 0 Å². The number of carbonyl (C=O) groups is 2. The van der Waals surface area contributed by atoms with E-state index in [-0.39, 0.29) is 0 Å². The Balaban J connectivity index is 1.53. The van der Waals surface area contributed by atoms with E-state index in [1.165, 1.54) is 0 Å². The first-order valence-electron chi connectivity index (χ1n) is 8.74. The summed E-state index contributed by atoms with van der Waals surface area (Å²) in [5, 5.41) is 0.895. The molecule has 0 aliphatic heterocycles. The van der Waals surface area contributed by atoms with Crippen LogP contribution in [0, 0.1) is 0 Å². The largest absolute Gasteiger partial charge is 0.494 e. The molecule has 0 radical (unpaired) electrons. The van der Waals surface area contributed by atoms with Crippen LogP contribution in [-0.4, -0.2) is 29.5 Å². The SMILES string of the molecule is CCOc1ccc(OC(C)C(=O)NNC(=O)c2cc3ccc(Br)cc3[nH]2)cc1. The third-order valence-electron chi connectivity index (χ3n) is 3.95. The maximum absolute atomic E-state index is 12.3. The van der Waals surface area contributed by atoms with Crippen LogP contribution in [-0.2, 0) is 4.79 Å². The molecule has 0 saturated carbocycles. The predicted molar refractivity (Wildman–Crippen MR) is 109 cm³/mol. The monoisotopic (exact) mass is 445 g/mol. The fourth-order valence-corrected chi connectivity index (χ4v) is 2.91. The lowest BCUT2D eigenvalue weighted by molar-refractivity contribution is -0.128. The van der Waals surface area contributed by atoms with Crippen LogP contribution in [0.3, 0.4) is 0 Å². The van der Waals surface area contributed by atoms with Crippen LogP contribution in [0.25, 0.3) is 10.9 Å². The van der Waals surface area contributed by atoms with Crippen LogP contribution < -0.4 is 20.3 Å². The number of ether oxygens (including phenoxy) is 2. The van der Waals surface area contributed by atoms with Gasteiger partial charge in [-0.05, 0) is 56.3 Å². The fraction of sp³-hybridized carbons (Fsp3) is 0.200. The van der Waals surface area contributed by atoms with E-state index in [4.69, 9.17) is 9.47 Å². The van der Waals surface area contributed by atoms with E-state index >= 15 is 0 Å². The van der Waals surface area contributed by atoms with E-state index in [1.54, 1.807) is 37.3 Å². The molecule has 1 heterocycles. The maximum Gasteiger partial charge on any atom is 0.286 e. The second-order valence-electron chi connectivity index (χ2n) is 6.02. The molecule has 0 spiro atoms. The van der Waals surface area contributed by atoms with Gasteiger partial charge in [0.1, 0.15) is 17.2 Å². The molecule has 2 aromatic carbocycles. The first-order valence-corrected chi connectivity index (χ1v) is 9.53. The second-order valence-corrected chi connectivity index (χ2v) is 6.94. The summed E-state index contributed by atoms with van der Waals surface area (Å²) in [5.74, 6) is 0.332. The molecule has 3 N–H and O–H groups in total. The number of H-pyrrole nitrogens is 1. The van der Waals surface area contributed by atoms with Crippen molar-refractivity contribution in [1.29, 1.82) is 0 Å². The molecule has 0 aliphatic rings. The van der Waals surface area contributed by atoms with Crippen molar-refractivity contribution in [2.45, 2.75) is 20.0 Å². The summed E-state index contributed by atoms with van der Waals surface area (Å²) in [6.45, 7) is 4.07. The Morgan fingerprint density at radius 1 is 1.07 bits per heavy atom. The number of rotatable bonds is 6. The molecular weight excluding hydrogens is 426 g/mol. The summed E-state index contributed by atoms with van der Waals surface area (Å²) in [6.07, 6.45) is -0.795. The molecule has 3 rings (SSSR count). The summed E-state index contributed by atoms with van der Waals surface area (Å²) in [5.41, 5.74) is 5.92. The number of aromatic amines is 1. The van der Waals surface area contributed by atoms with Crippen molar-refractivity contribution in [2.24, 2.45) is 0 Å². The van der Waals surface area contributed by atoms with Crippen LogP contribution in [0.4, 0.5) is 0 Å². The van der Waals surface area contributed by atoms with Crippen molar-refractivity contribution >= 4 is 38.6 Å². The highest BCUT2D eigenvalue weighted by Crippen LogP contribution is 2.20. The molecule has 1 atom stereocenters. The topological polar surface area (TPSA) is 92.4 Å². The molecule has 146 valence electrons.